The van der Waals surface area contributed by atoms with Gasteiger partial charge in [-0.05, 0) is 6.92 Å². The Balaban J connectivity index is 2.92. The minimum absolute atomic E-state index is 0.151. The van der Waals surface area contributed by atoms with Gasteiger partial charge in [0.2, 0.25) is 5.78 Å². The average molecular weight is 220 g/mol. The molecule has 4 heteroatoms. The molecule has 1 N–H and O–H groups in total. The van der Waals surface area contributed by atoms with E-state index in [1.165, 1.54) is 0 Å². The van der Waals surface area contributed by atoms with E-state index < -0.39 is 11.8 Å². The van der Waals surface area contributed by atoms with Crippen molar-refractivity contribution >= 4 is 11.8 Å². The largest absolute Gasteiger partial charge is 0.515 e. The van der Waals surface area contributed by atoms with E-state index in [-0.39, 0.29) is 12.2 Å². The fourth-order valence-corrected chi connectivity index (χ4v) is 1.16. The first-order valence-electron chi connectivity index (χ1n) is 4.82. The predicted octanol–water partition coefficient (Wildman–Crippen LogP) is 1.87. The van der Waals surface area contributed by atoms with E-state index in [1.807, 2.05) is 0 Å². The molecule has 0 atom stereocenters. The molecule has 0 spiro atoms. The van der Waals surface area contributed by atoms with Gasteiger partial charge in [0.05, 0.1) is 12.9 Å². The minimum atomic E-state index is -0.821. The Morgan fingerprint density at radius 2 is 1.94 bits per heavy atom. The number of aliphatic hydroxyl groups excluding tert-OH is 1. The fourth-order valence-electron chi connectivity index (χ4n) is 1.16. The van der Waals surface area contributed by atoms with Gasteiger partial charge in [-0.25, -0.2) is 4.79 Å². The number of benzene rings is 1. The summed E-state index contributed by atoms with van der Waals surface area (Å²) in [5.74, 6) is -1.37. The summed E-state index contributed by atoms with van der Waals surface area (Å²) in [6, 6.07) is 8.22. The Hall–Kier alpha value is -2.10. The summed E-state index contributed by atoms with van der Waals surface area (Å²) >= 11 is 0. The van der Waals surface area contributed by atoms with E-state index in [9.17, 15) is 9.59 Å². The molecule has 4 nitrogen and oxygen atoms in total. The second-order valence-electron chi connectivity index (χ2n) is 2.96. The zero-order valence-corrected chi connectivity index (χ0v) is 8.84. The topological polar surface area (TPSA) is 63.6 Å². The molecule has 1 aromatic carbocycles. The summed E-state index contributed by atoms with van der Waals surface area (Å²) in [6.45, 7) is 1.78. The molecule has 0 aliphatic carbocycles. The monoisotopic (exact) mass is 220 g/mol. The van der Waals surface area contributed by atoms with Crippen molar-refractivity contribution in [1.29, 1.82) is 0 Å². The molecule has 0 unspecified atom stereocenters. The van der Waals surface area contributed by atoms with Crippen molar-refractivity contribution in [2.24, 2.45) is 0 Å². The van der Waals surface area contributed by atoms with Gasteiger partial charge in [0.25, 0.3) is 0 Å². The molecule has 84 valence electrons. The molecule has 0 heterocycles. The third kappa shape index (κ3) is 2.70. The smallest absolute Gasteiger partial charge is 0.345 e. The number of hydrogen-bond acceptors (Lipinski definition) is 4. The maximum absolute atomic E-state index is 11.8. The highest BCUT2D eigenvalue weighted by Gasteiger charge is 2.20. The van der Waals surface area contributed by atoms with Gasteiger partial charge in [-0.2, -0.15) is 0 Å². The van der Waals surface area contributed by atoms with Crippen molar-refractivity contribution in [2.45, 2.75) is 6.92 Å². The number of carbonyl (C=O) groups excluding carboxylic acids is 2. The highest BCUT2D eigenvalue weighted by atomic mass is 16.5. The number of hydrogen-bond donors (Lipinski definition) is 1. The van der Waals surface area contributed by atoms with E-state index >= 15 is 0 Å². The molecule has 0 fully saturated rings. The molecule has 16 heavy (non-hydrogen) atoms. The molecule has 0 amide bonds. The van der Waals surface area contributed by atoms with Gasteiger partial charge in [-0.1, -0.05) is 30.3 Å². The number of ether oxygens (including phenoxy) is 1. The summed E-state index contributed by atoms with van der Waals surface area (Å²) in [6.07, 6.45) is 0.479. The maximum Gasteiger partial charge on any atom is 0.345 e. The van der Waals surface area contributed by atoms with Gasteiger partial charge in [-0.15, -0.1) is 0 Å². The normalized spacial score (nSPS) is 10.9. The van der Waals surface area contributed by atoms with Crippen molar-refractivity contribution in [3.05, 3.63) is 47.7 Å². The quantitative estimate of drug-likeness (QED) is 0.210. The Morgan fingerprint density at radius 1 is 1.31 bits per heavy atom. The Kier molecular flexibility index (Phi) is 4.27. The number of aliphatic hydroxyl groups is 1. The predicted molar refractivity (Wildman–Crippen MR) is 58.1 cm³/mol. The summed E-state index contributed by atoms with van der Waals surface area (Å²) in [5.41, 5.74) is -0.0381. The van der Waals surface area contributed by atoms with Gasteiger partial charge in [0.15, 0.2) is 0 Å². The Labute approximate surface area is 93.2 Å². The number of carbonyl (C=O) groups is 2. The lowest BCUT2D eigenvalue weighted by Gasteiger charge is -2.04. The maximum atomic E-state index is 11.8. The lowest BCUT2D eigenvalue weighted by molar-refractivity contribution is -0.138. The third-order valence-electron chi connectivity index (χ3n) is 1.91. The van der Waals surface area contributed by atoms with Crippen LogP contribution in [0.15, 0.2) is 42.2 Å². The Bertz CT molecular complexity index is 406. The SMILES string of the molecule is CCOC(=O)/C(=C\O)C(=O)c1ccccc1. The minimum Gasteiger partial charge on any atom is -0.515 e. The van der Waals surface area contributed by atoms with Crippen molar-refractivity contribution in [3.8, 4) is 0 Å². The van der Waals surface area contributed by atoms with Gasteiger partial charge in [0, 0.05) is 5.56 Å². The summed E-state index contributed by atoms with van der Waals surface area (Å²) in [7, 11) is 0. The second kappa shape index (κ2) is 5.70. The molecular weight excluding hydrogens is 208 g/mol. The van der Waals surface area contributed by atoms with Crippen LogP contribution in [0.3, 0.4) is 0 Å². The van der Waals surface area contributed by atoms with Gasteiger partial charge in [-0.3, -0.25) is 4.79 Å². The van der Waals surface area contributed by atoms with Crippen LogP contribution in [-0.4, -0.2) is 23.5 Å². The highest BCUT2D eigenvalue weighted by molar-refractivity contribution is 6.23. The van der Waals surface area contributed by atoms with Crippen LogP contribution in [0.2, 0.25) is 0 Å². The molecule has 0 aliphatic rings. The molecule has 0 bridgehead atoms. The van der Waals surface area contributed by atoms with Crippen molar-refractivity contribution < 1.29 is 19.4 Å². The first kappa shape index (κ1) is 12.0. The van der Waals surface area contributed by atoms with Crippen molar-refractivity contribution in [3.63, 3.8) is 0 Å². The number of ketones is 1. The number of Topliss-reactive ketones (excluding diaryl/α,β-unsaturated/α-hetero) is 1. The summed E-state index contributed by atoms with van der Waals surface area (Å²) in [5, 5.41) is 8.87. The van der Waals surface area contributed by atoms with Gasteiger partial charge < -0.3 is 9.84 Å². The average Bonchev–Trinajstić information content (AvgIpc) is 2.31. The fraction of sp³-hybridized carbons (Fsp3) is 0.167. The molecule has 0 aromatic heterocycles. The van der Waals surface area contributed by atoms with Gasteiger partial charge in [0.1, 0.15) is 5.57 Å². The van der Waals surface area contributed by atoms with Crippen LogP contribution in [0.25, 0.3) is 0 Å². The standard InChI is InChI=1S/C12H12O4/c1-2-16-12(15)10(8-13)11(14)9-6-4-3-5-7-9/h3-8,13H,2H2,1H3/b10-8-. The summed E-state index contributed by atoms with van der Waals surface area (Å²) in [4.78, 5) is 23.1. The number of rotatable bonds is 4. The molecule has 0 radical (unpaired) electrons. The molecule has 0 saturated heterocycles. The number of esters is 1. The highest BCUT2D eigenvalue weighted by Crippen LogP contribution is 2.09. The van der Waals surface area contributed by atoms with E-state index in [0.29, 0.717) is 11.8 Å². The first-order valence-corrected chi connectivity index (χ1v) is 4.82. The van der Waals surface area contributed by atoms with E-state index in [2.05, 4.69) is 4.74 Å². The molecule has 1 rings (SSSR count). The first-order chi connectivity index (χ1) is 7.70. The van der Waals surface area contributed by atoms with E-state index in [1.54, 1.807) is 37.3 Å². The van der Waals surface area contributed by atoms with Crippen LogP contribution in [0.5, 0.6) is 0 Å². The van der Waals surface area contributed by atoms with Crippen LogP contribution < -0.4 is 0 Å². The zero-order chi connectivity index (χ0) is 12.0. The van der Waals surface area contributed by atoms with Crippen molar-refractivity contribution in [2.75, 3.05) is 6.61 Å². The van der Waals surface area contributed by atoms with E-state index in [0.717, 1.165) is 0 Å². The molecule has 0 aliphatic heterocycles. The van der Waals surface area contributed by atoms with Crippen LogP contribution >= 0.6 is 0 Å². The lowest BCUT2D eigenvalue weighted by Crippen LogP contribution is -2.16. The van der Waals surface area contributed by atoms with E-state index in [4.69, 9.17) is 5.11 Å². The Morgan fingerprint density at radius 3 is 2.44 bits per heavy atom. The molecular formula is C12H12O4. The van der Waals surface area contributed by atoms with Crippen LogP contribution in [0, 0.1) is 0 Å². The molecule has 1 aromatic rings. The second-order valence-corrected chi connectivity index (χ2v) is 2.96. The lowest BCUT2D eigenvalue weighted by atomic mass is 10.0. The molecule has 0 saturated carbocycles. The van der Waals surface area contributed by atoms with Crippen LogP contribution in [-0.2, 0) is 9.53 Å². The zero-order valence-electron chi connectivity index (χ0n) is 8.84. The summed E-state index contributed by atoms with van der Waals surface area (Å²) < 4.78 is 4.65. The van der Waals surface area contributed by atoms with Gasteiger partial charge >= 0.3 is 5.97 Å². The van der Waals surface area contributed by atoms with Crippen LogP contribution in [0.4, 0.5) is 0 Å². The van der Waals surface area contributed by atoms with Crippen molar-refractivity contribution in [1.82, 2.24) is 0 Å². The van der Waals surface area contributed by atoms with Crippen LogP contribution in [0.1, 0.15) is 17.3 Å². The third-order valence-corrected chi connectivity index (χ3v) is 1.91.